The van der Waals surface area contributed by atoms with E-state index in [1.165, 1.54) is 25.2 Å². The Kier molecular flexibility index (Phi) is 9.84. The van der Waals surface area contributed by atoms with E-state index in [0.29, 0.717) is 17.2 Å². The molecule has 0 spiro atoms. The van der Waals surface area contributed by atoms with Crippen molar-refractivity contribution in [1.82, 2.24) is 10.2 Å². The molecule has 1 aliphatic carbocycles. The third kappa shape index (κ3) is 7.31. The number of methoxy groups -OCH3 is 3. The molecule has 0 saturated heterocycles. The molecule has 1 aliphatic rings. The number of benzene rings is 2. The summed E-state index contributed by atoms with van der Waals surface area (Å²) in [5.41, 5.74) is 1.02. The summed E-state index contributed by atoms with van der Waals surface area (Å²) in [6.45, 7) is 1.28. The van der Waals surface area contributed by atoms with Crippen molar-refractivity contribution in [1.29, 1.82) is 0 Å². The maximum Gasteiger partial charge on any atom is 0.244 e. The van der Waals surface area contributed by atoms with Crippen molar-refractivity contribution in [2.24, 2.45) is 0 Å². The highest BCUT2D eigenvalue weighted by molar-refractivity contribution is 7.92. The average Bonchev–Trinajstić information content (AvgIpc) is 3.42. The number of rotatable bonds is 12. The second-order valence-electron chi connectivity index (χ2n) is 9.34. The Labute approximate surface area is 224 Å². The zero-order valence-electron chi connectivity index (χ0n) is 22.6. The summed E-state index contributed by atoms with van der Waals surface area (Å²) in [4.78, 5) is 28.3. The lowest BCUT2D eigenvalue weighted by Gasteiger charge is -2.32. The number of carbonyl (C=O) groups is 2. The lowest BCUT2D eigenvalue weighted by atomic mass is 10.1. The van der Waals surface area contributed by atoms with Crippen molar-refractivity contribution in [2.75, 3.05) is 38.4 Å². The molecule has 2 aromatic rings. The zero-order valence-corrected chi connectivity index (χ0v) is 23.4. The van der Waals surface area contributed by atoms with Gasteiger partial charge in [0, 0.05) is 18.7 Å². The number of hydrogen-bond acceptors (Lipinski definition) is 7. The van der Waals surface area contributed by atoms with E-state index in [2.05, 4.69) is 5.32 Å². The molecule has 0 aliphatic heterocycles. The number of hydrogen-bond donors (Lipinski definition) is 1. The Morgan fingerprint density at radius 1 is 0.974 bits per heavy atom. The summed E-state index contributed by atoms with van der Waals surface area (Å²) >= 11 is 0. The molecular formula is C27H37N3O7S. The minimum atomic E-state index is -3.87. The molecule has 38 heavy (non-hydrogen) atoms. The zero-order chi connectivity index (χ0) is 27.9. The van der Waals surface area contributed by atoms with E-state index >= 15 is 0 Å². The molecule has 1 atom stereocenters. The Bertz CT molecular complexity index is 1210. The predicted octanol–water partition coefficient (Wildman–Crippen LogP) is 2.95. The number of amides is 2. The third-order valence-electron chi connectivity index (χ3n) is 6.72. The first-order valence-corrected chi connectivity index (χ1v) is 14.3. The van der Waals surface area contributed by atoms with Gasteiger partial charge in [-0.25, -0.2) is 8.42 Å². The largest absolute Gasteiger partial charge is 0.497 e. The Balaban J connectivity index is 1.91. The van der Waals surface area contributed by atoms with Crippen LogP contribution in [0.4, 0.5) is 5.69 Å². The minimum absolute atomic E-state index is 0.0853. The van der Waals surface area contributed by atoms with E-state index in [1.54, 1.807) is 38.3 Å². The lowest BCUT2D eigenvalue weighted by molar-refractivity contribution is -0.139. The number of carbonyl (C=O) groups excluding carboxylic acids is 2. The molecular weight excluding hydrogens is 510 g/mol. The lowest BCUT2D eigenvalue weighted by Crippen LogP contribution is -2.52. The van der Waals surface area contributed by atoms with Crippen LogP contribution in [-0.2, 0) is 26.2 Å². The first kappa shape index (κ1) is 29.1. The van der Waals surface area contributed by atoms with Crippen molar-refractivity contribution in [3.63, 3.8) is 0 Å². The van der Waals surface area contributed by atoms with Crippen LogP contribution in [0, 0.1) is 0 Å². The first-order chi connectivity index (χ1) is 18.1. The van der Waals surface area contributed by atoms with Crippen molar-refractivity contribution in [3.8, 4) is 17.2 Å². The normalized spacial score (nSPS) is 14.4. The van der Waals surface area contributed by atoms with Crippen molar-refractivity contribution in [3.05, 3.63) is 48.0 Å². The van der Waals surface area contributed by atoms with Gasteiger partial charge in [0.1, 0.15) is 18.3 Å². The van der Waals surface area contributed by atoms with E-state index in [-0.39, 0.29) is 24.2 Å². The first-order valence-electron chi connectivity index (χ1n) is 12.5. The fraction of sp³-hybridized carbons (Fsp3) is 0.481. The molecule has 3 rings (SSSR count). The molecule has 0 aromatic heterocycles. The molecule has 208 valence electrons. The molecule has 1 saturated carbocycles. The topological polar surface area (TPSA) is 114 Å². The van der Waals surface area contributed by atoms with Gasteiger partial charge in [-0.05, 0) is 49.6 Å². The van der Waals surface area contributed by atoms with Gasteiger partial charge < -0.3 is 24.4 Å². The van der Waals surface area contributed by atoms with Crippen LogP contribution in [0.2, 0.25) is 0 Å². The Hall–Kier alpha value is -3.47. The van der Waals surface area contributed by atoms with Crippen molar-refractivity contribution < 1.29 is 32.2 Å². The predicted molar refractivity (Wildman–Crippen MR) is 145 cm³/mol. The van der Waals surface area contributed by atoms with Gasteiger partial charge in [-0.2, -0.15) is 0 Å². The van der Waals surface area contributed by atoms with Gasteiger partial charge >= 0.3 is 0 Å². The fourth-order valence-corrected chi connectivity index (χ4v) is 5.34. The number of nitrogens with one attached hydrogen (secondary N) is 1. The van der Waals surface area contributed by atoms with Crippen LogP contribution in [0.1, 0.15) is 38.2 Å². The summed E-state index contributed by atoms with van der Waals surface area (Å²) < 4.78 is 42.4. The SMILES string of the molecule is COc1ccc(CN(C(=O)CN(c2ccc(OC)c(OC)c2)S(C)(=O)=O)[C@H](C)C(=O)NC2CCCC2)cc1. The second kappa shape index (κ2) is 12.9. The highest BCUT2D eigenvalue weighted by Gasteiger charge is 2.31. The molecule has 1 fully saturated rings. The van der Waals surface area contributed by atoms with Gasteiger partial charge in [-0.15, -0.1) is 0 Å². The second-order valence-corrected chi connectivity index (χ2v) is 11.3. The van der Waals surface area contributed by atoms with Gasteiger partial charge in [0.15, 0.2) is 11.5 Å². The summed E-state index contributed by atoms with van der Waals surface area (Å²) in [7, 11) is 0.618. The van der Waals surface area contributed by atoms with E-state index in [0.717, 1.165) is 41.8 Å². The molecule has 0 heterocycles. The average molecular weight is 548 g/mol. The van der Waals surface area contributed by atoms with Crippen LogP contribution in [0.5, 0.6) is 17.2 Å². The maximum atomic E-state index is 13.7. The van der Waals surface area contributed by atoms with Crippen LogP contribution < -0.4 is 23.8 Å². The smallest absolute Gasteiger partial charge is 0.244 e. The fourth-order valence-electron chi connectivity index (χ4n) is 4.50. The number of ether oxygens (including phenoxy) is 3. The van der Waals surface area contributed by atoms with Crippen molar-refractivity contribution >= 4 is 27.5 Å². The van der Waals surface area contributed by atoms with Gasteiger partial charge in [-0.3, -0.25) is 13.9 Å². The highest BCUT2D eigenvalue weighted by atomic mass is 32.2. The highest BCUT2D eigenvalue weighted by Crippen LogP contribution is 2.32. The van der Waals surface area contributed by atoms with E-state index < -0.39 is 28.5 Å². The van der Waals surface area contributed by atoms with Crippen LogP contribution >= 0.6 is 0 Å². The van der Waals surface area contributed by atoms with Gasteiger partial charge in [-0.1, -0.05) is 25.0 Å². The number of sulfonamides is 1. The summed E-state index contributed by atoms with van der Waals surface area (Å²) in [5.74, 6) is 0.626. The van der Waals surface area contributed by atoms with E-state index in [9.17, 15) is 18.0 Å². The Morgan fingerprint density at radius 2 is 1.61 bits per heavy atom. The monoisotopic (exact) mass is 547 g/mol. The summed E-state index contributed by atoms with van der Waals surface area (Å²) in [5, 5.41) is 3.05. The number of anilines is 1. The summed E-state index contributed by atoms with van der Waals surface area (Å²) in [6, 6.07) is 11.0. The van der Waals surface area contributed by atoms with Crippen LogP contribution in [0.3, 0.4) is 0 Å². The standard InChI is InChI=1S/C27H37N3O7S/c1-19(27(32)28-21-8-6-7-9-21)29(17-20-10-13-23(35-2)14-11-20)26(31)18-30(38(5,33)34)22-12-15-24(36-3)25(16-22)37-4/h10-16,19,21H,6-9,17-18H2,1-5H3,(H,28,32)/t19-/m1/s1. The minimum Gasteiger partial charge on any atom is -0.497 e. The maximum absolute atomic E-state index is 13.7. The molecule has 0 bridgehead atoms. The third-order valence-corrected chi connectivity index (χ3v) is 7.86. The molecule has 11 heteroatoms. The molecule has 0 unspecified atom stereocenters. The molecule has 0 radical (unpaired) electrons. The van der Waals surface area contributed by atoms with Gasteiger partial charge in [0.05, 0.1) is 33.3 Å². The Morgan fingerprint density at radius 3 is 2.16 bits per heavy atom. The molecule has 1 N–H and O–H groups in total. The quantitative estimate of drug-likeness (QED) is 0.435. The van der Waals surface area contributed by atoms with Gasteiger partial charge in [0.2, 0.25) is 21.8 Å². The van der Waals surface area contributed by atoms with Crippen LogP contribution in [0.15, 0.2) is 42.5 Å². The number of nitrogens with zero attached hydrogens (tertiary/aromatic N) is 2. The summed E-state index contributed by atoms with van der Waals surface area (Å²) in [6.07, 6.45) is 4.96. The molecule has 2 aromatic carbocycles. The molecule has 2 amide bonds. The van der Waals surface area contributed by atoms with E-state index in [1.807, 2.05) is 12.1 Å². The van der Waals surface area contributed by atoms with E-state index in [4.69, 9.17) is 14.2 Å². The van der Waals surface area contributed by atoms with Gasteiger partial charge in [0.25, 0.3) is 0 Å². The van der Waals surface area contributed by atoms with Crippen molar-refractivity contribution in [2.45, 2.75) is 51.2 Å². The van der Waals surface area contributed by atoms with Crippen LogP contribution in [0.25, 0.3) is 0 Å². The van der Waals surface area contributed by atoms with Crippen LogP contribution in [-0.4, -0.2) is 71.3 Å². The molecule has 10 nitrogen and oxygen atoms in total.